The molecule has 0 aromatic heterocycles. The van der Waals surface area contributed by atoms with Crippen LogP contribution in [-0.2, 0) is 9.84 Å². The Kier molecular flexibility index (Phi) is 1.92. The van der Waals surface area contributed by atoms with Crippen LogP contribution in [0.4, 0.5) is 0 Å². The molecule has 62 valence electrons. The molecule has 1 heterocycles. The van der Waals surface area contributed by atoms with Gasteiger partial charge in [-0.1, -0.05) is 13.8 Å². The molecule has 0 aromatic carbocycles. The maximum Gasteiger partial charge on any atom is 0.196 e. The van der Waals surface area contributed by atoms with E-state index in [4.69, 9.17) is 0 Å². The fourth-order valence-electron chi connectivity index (χ4n) is 0.926. The summed E-state index contributed by atoms with van der Waals surface area (Å²) >= 11 is 0. The molecule has 0 radical (unpaired) electrons. The van der Waals surface area contributed by atoms with Crippen LogP contribution in [0.25, 0.3) is 0 Å². The summed E-state index contributed by atoms with van der Waals surface area (Å²) in [4.78, 5) is 0.459. The molecular formula is C8H12O2S. The van der Waals surface area contributed by atoms with Gasteiger partial charge in [-0.15, -0.1) is 0 Å². The van der Waals surface area contributed by atoms with Crippen molar-refractivity contribution >= 4 is 9.84 Å². The molecule has 0 amide bonds. The van der Waals surface area contributed by atoms with Crippen LogP contribution in [0.15, 0.2) is 22.0 Å². The SMILES string of the molecule is CC1=CC(C(C)C)=CS1(=O)=O. The highest BCUT2D eigenvalue weighted by Crippen LogP contribution is 2.25. The quantitative estimate of drug-likeness (QED) is 0.605. The van der Waals surface area contributed by atoms with E-state index in [1.807, 2.05) is 13.8 Å². The van der Waals surface area contributed by atoms with Gasteiger partial charge in [-0.2, -0.15) is 0 Å². The standard InChI is InChI=1S/C8H12O2S/c1-6(2)8-4-7(3)11(9,10)5-8/h4-6H,1-3H3. The monoisotopic (exact) mass is 172 g/mol. The van der Waals surface area contributed by atoms with Gasteiger partial charge >= 0.3 is 0 Å². The molecule has 0 fully saturated rings. The van der Waals surface area contributed by atoms with E-state index in [2.05, 4.69) is 0 Å². The van der Waals surface area contributed by atoms with Gasteiger partial charge < -0.3 is 0 Å². The average molecular weight is 172 g/mol. The lowest BCUT2D eigenvalue weighted by Gasteiger charge is -1.99. The molecular weight excluding hydrogens is 160 g/mol. The van der Waals surface area contributed by atoms with E-state index in [9.17, 15) is 8.42 Å². The zero-order valence-corrected chi connectivity index (χ0v) is 7.77. The number of rotatable bonds is 1. The van der Waals surface area contributed by atoms with E-state index < -0.39 is 9.84 Å². The minimum atomic E-state index is -3.02. The number of hydrogen-bond acceptors (Lipinski definition) is 2. The van der Waals surface area contributed by atoms with Crippen molar-refractivity contribution in [3.63, 3.8) is 0 Å². The van der Waals surface area contributed by atoms with Crippen LogP contribution in [0.3, 0.4) is 0 Å². The molecule has 0 unspecified atom stereocenters. The Hall–Kier alpha value is -0.570. The Morgan fingerprint density at radius 1 is 1.36 bits per heavy atom. The third-order valence-corrected chi connectivity index (χ3v) is 3.37. The lowest BCUT2D eigenvalue weighted by atomic mass is 10.1. The van der Waals surface area contributed by atoms with Crippen LogP contribution in [0.5, 0.6) is 0 Å². The lowest BCUT2D eigenvalue weighted by molar-refractivity contribution is 0.610. The van der Waals surface area contributed by atoms with Crippen LogP contribution in [-0.4, -0.2) is 8.42 Å². The predicted molar refractivity (Wildman–Crippen MR) is 45.6 cm³/mol. The van der Waals surface area contributed by atoms with Crippen LogP contribution < -0.4 is 0 Å². The average Bonchev–Trinajstić information content (AvgIpc) is 2.08. The van der Waals surface area contributed by atoms with Crippen molar-refractivity contribution < 1.29 is 8.42 Å². The van der Waals surface area contributed by atoms with E-state index >= 15 is 0 Å². The van der Waals surface area contributed by atoms with Gasteiger partial charge in [0.25, 0.3) is 0 Å². The van der Waals surface area contributed by atoms with Gasteiger partial charge in [0.1, 0.15) is 0 Å². The zero-order valence-electron chi connectivity index (χ0n) is 6.96. The summed E-state index contributed by atoms with van der Waals surface area (Å²) in [6.45, 7) is 5.59. The molecule has 1 aliphatic heterocycles. The van der Waals surface area contributed by atoms with Crippen molar-refractivity contribution in [3.05, 3.63) is 22.0 Å². The van der Waals surface area contributed by atoms with Gasteiger partial charge in [0.05, 0.1) is 0 Å². The Morgan fingerprint density at radius 3 is 2.09 bits per heavy atom. The summed E-state index contributed by atoms with van der Waals surface area (Å²) in [7, 11) is -3.02. The Labute approximate surface area is 67.5 Å². The van der Waals surface area contributed by atoms with Gasteiger partial charge in [0, 0.05) is 10.3 Å². The fraction of sp³-hybridized carbons (Fsp3) is 0.500. The molecule has 0 saturated heterocycles. The minimum absolute atomic E-state index is 0.294. The minimum Gasteiger partial charge on any atom is -0.219 e. The molecule has 11 heavy (non-hydrogen) atoms. The molecule has 0 atom stereocenters. The summed E-state index contributed by atoms with van der Waals surface area (Å²) in [5, 5.41) is 1.35. The molecule has 0 spiro atoms. The van der Waals surface area contributed by atoms with E-state index in [0.29, 0.717) is 10.8 Å². The maximum absolute atomic E-state index is 11.1. The second kappa shape index (κ2) is 2.48. The highest BCUT2D eigenvalue weighted by molar-refractivity contribution is 7.98. The molecule has 1 rings (SSSR count). The van der Waals surface area contributed by atoms with Gasteiger partial charge in [0.2, 0.25) is 0 Å². The zero-order chi connectivity index (χ0) is 8.65. The first kappa shape index (κ1) is 8.53. The van der Waals surface area contributed by atoms with Crippen molar-refractivity contribution in [2.45, 2.75) is 20.8 Å². The third kappa shape index (κ3) is 1.53. The second-order valence-corrected chi connectivity index (χ2v) is 5.04. The van der Waals surface area contributed by atoms with Crippen molar-refractivity contribution in [1.29, 1.82) is 0 Å². The molecule has 1 aliphatic rings. The highest BCUT2D eigenvalue weighted by atomic mass is 32.2. The van der Waals surface area contributed by atoms with Gasteiger partial charge in [-0.05, 0) is 24.5 Å². The first-order valence-electron chi connectivity index (χ1n) is 3.58. The van der Waals surface area contributed by atoms with Crippen LogP contribution >= 0.6 is 0 Å². The molecule has 0 N–H and O–H groups in total. The molecule has 0 aromatic rings. The molecule has 0 aliphatic carbocycles. The van der Waals surface area contributed by atoms with E-state index in [1.165, 1.54) is 5.41 Å². The third-order valence-electron chi connectivity index (χ3n) is 1.78. The normalized spacial score (nSPS) is 21.8. The van der Waals surface area contributed by atoms with Gasteiger partial charge in [0.15, 0.2) is 9.84 Å². The summed E-state index contributed by atoms with van der Waals surface area (Å²) in [5.41, 5.74) is 0.905. The van der Waals surface area contributed by atoms with Gasteiger partial charge in [-0.25, -0.2) is 8.42 Å². The number of hydrogen-bond donors (Lipinski definition) is 0. The topological polar surface area (TPSA) is 34.1 Å². The summed E-state index contributed by atoms with van der Waals surface area (Å²) in [6.07, 6.45) is 1.74. The summed E-state index contributed by atoms with van der Waals surface area (Å²) in [5.74, 6) is 0.294. The Balaban J connectivity index is 3.12. The van der Waals surface area contributed by atoms with Crippen molar-refractivity contribution in [2.24, 2.45) is 5.92 Å². The predicted octanol–water partition coefficient (Wildman–Crippen LogP) is 1.86. The highest BCUT2D eigenvalue weighted by Gasteiger charge is 2.19. The summed E-state index contributed by atoms with van der Waals surface area (Å²) in [6, 6.07) is 0. The molecule has 2 nitrogen and oxygen atoms in total. The molecule has 3 heteroatoms. The molecule has 0 bridgehead atoms. The second-order valence-electron chi connectivity index (χ2n) is 3.07. The summed E-state index contributed by atoms with van der Waals surface area (Å²) < 4.78 is 22.3. The van der Waals surface area contributed by atoms with E-state index in [0.717, 1.165) is 5.57 Å². The van der Waals surface area contributed by atoms with E-state index in [-0.39, 0.29) is 0 Å². The van der Waals surface area contributed by atoms with Crippen LogP contribution in [0.1, 0.15) is 20.8 Å². The Morgan fingerprint density at radius 2 is 1.91 bits per heavy atom. The molecule has 0 saturated carbocycles. The first-order valence-corrected chi connectivity index (χ1v) is 5.13. The number of allylic oxidation sites excluding steroid dienone is 3. The van der Waals surface area contributed by atoms with E-state index in [1.54, 1.807) is 13.0 Å². The Bertz CT molecular complexity index is 318. The van der Waals surface area contributed by atoms with Crippen molar-refractivity contribution in [1.82, 2.24) is 0 Å². The van der Waals surface area contributed by atoms with Crippen LogP contribution in [0, 0.1) is 5.92 Å². The number of sulfone groups is 1. The van der Waals surface area contributed by atoms with Crippen molar-refractivity contribution in [2.75, 3.05) is 0 Å². The lowest BCUT2D eigenvalue weighted by Crippen LogP contribution is -1.91. The maximum atomic E-state index is 11.1. The van der Waals surface area contributed by atoms with Gasteiger partial charge in [-0.3, -0.25) is 0 Å². The van der Waals surface area contributed by atoms with Crippen molar-refractivity contribution in [3.8, 4) is 0 Å². The largest absolute Gasteiger partial charge is 0.219 e. The smallest absolute Gasteiger partial charge is 0.196 e. The first-order chi connectivity index (χ1) is 4.93. The van der Waals surface area contributed by atoms with Crippen LogP contribution in [0.2, 0.25) is 0 Å². The fourth-order valence-corrected chi connectivity index (χ4v) is 2.11.